The Morgan fingerprint density at radius 3 is 2.48 bits per heavy atom. The van der Waals surface area contributed by atoms with Crippen LogP contribution < -0.4 is 14.9 Å². The largest absolute Gasteiger partial charge is 0.508 e. The molecule has 0 fully saturated rings. The lowest BCUT2D eigenvalue weighted by atomic mass is 10.1. The zero-order valence-electron chi connectivity index (χ0n) is 16.6. The maximum absolute atomic E-state index is 12.0. The zero-order chi connectivity index (χ0) is 22.2. The van der Waals surface area contributed by atoms with Crippen molar-refractivity contribution < 1.29 is 29.3 Å². The van der Waals surface area contributed by atoms with E-state index in [0.29, 0.717) is 28.2 Å². The topological polar surface area (TPSA) is 117 Å². The number of nitrogens with zero attached hydrogens (tertiary/aromatic N) is 1. The number of hydrazone groups is 1. The number of amides is 1. The fraction of sp³-hybridized carbons (Fsp3) is 0.0870. The van der Waals surface area contributed by atoms with Gasteiger partial charge in [0.25, 0.3) is 5.91 Å². The standard InChI is InChI=1S/C23H20N2O6/c1-30-21-12-15(13-24-25-22(27)17-6-8-19(26)9-7-17)5-10-20(21)31-14-16-3-2-4-18(11-16)23(28)29/h2-13,26H,14H2,1H3,(H,25,27)(H,28,29)/b24-13+. The van der Waals surface area contributed by atoms with Gasteiger partial charge >= 0.3 is 5.97 Å². The number of rotatable bonds is 8. The molecule has 0 bridgehead atoms. The highest BCUT2D eigenvalue weighted by molar-refractivity contribution is 5.95. The Hall–Kier alpha value is -4.33. The number of carbonyl (C=O) groups is 2. The van der Waals surface area contributed by atoms with E-state index in [1.54, 1.807) is 36.4 Å². The molecule has 1 amide bonds. The van der Waals surface area contributed by atoms with Gasteiger partial charge in [-0.3, -0.25) is 4.79 Å². The van der Waals surface area contributed by atoms with E-state index >= 15 is 0 Å². The summed E-state index contributed by atoms with van der Waals surface area (Å²) < 4.78 is 11.1. The molecule has 0 unspecified atom stereocenters. The lowest BCUT2D eigenvalue weighted by Gasteiger charge is -2.11. The summed E-state index contributed by atoms with van der Waals surface area (Å²) in [5, 5.41) is 22.3. The minimum atomic E-state index is -0.999. The van der Waals surface area contributed by atoms with Gasteiger partial charge in [0.05, 0.1) is 18.9 Å². The molecule has 3 aromatic carbocycles. The van der Waals surface area contributed by atoms with Crippen LogP contribution in [0.1, 0.15) is 31.8 Å². The van der Waals surface area contributed by atoms with Gasteiger partial charge in [-0.05, 0) is 65.7 Å². The van der Waals surface area contributed by atoms with E-state index in [-0.39, 0.29) is 17.9 Å². The van der Waals surface area contributed by atoms with Crippen molar-refractivity contribution in [2.75, 3.05) is 7.11 Å². The molecule has 0 aliphatic carbocycles. The Balaban J connectivity index is 1.63. The highest BCUT2D eigenvalue weighted by Gasteiger charge is 2.08. The smallest absolute Gasteiger partial charge is 0.335 e. The number of aromatic carboxylic acids is 1. The number of nitrogens with one attached hydrogen (secondary N) is 1. The second-order valence-electron chi connectivity index (χ2n) is 6.45. The lowest BCUT2D eigenvalue weighted by Crippen LogP contribution is -2.17. The van der Waals surface area contributed by atoms with Crippen LogP contribution in [0.25, 0.3) is 0 Å². The van der Waals surface area contributed by atoms with E-state index in [1.165, 1.54) is 43.7 Å². The highest BCUT2D eigenvalue weighted by atomic mass is 16.5. The molecule has 0 atom stereocenters. The van der Waals surface area contributed by atoms with Crippen molar-refractivity contribution in [3.63, 3.8) is 0 Å². The molecule has 3 N–H and O–H groups in total. The average molecular weight is 420 g/mol. The Kier molecular flexibility index (Phi) is 6.85. The molecule has 8 heteroatoms. The van der Waals surface area contributed by atoms with Gasteiger partial charge in [0.2, 0.25) is 0 Å². The molecule has 0 spiro atoms. The molecule has 0 aromatic heterocycles. The third-order valence-electron chi connectivity index (χ3n) is 4.27. The van der Waals surface area contributed by atoms with Crippen molar-refractivity contribution in [1.29, 1.82) is 0 Å². The van der Waals surface area contributed by atoms with E-state index in [2.05, 4.69) is 10.5 Å². The maximum Gasteiger partial charge on any atom is 0.335 e. The second-order valence-corrected chi connectivity index (χ2v) is 6.45. The average Bonchev–Trinajstić information content (AvgIpc) is 2.78. The molecule has 0 saturated heterocycles. The van der Waals surface area contributed by atoms with Crippen molar-refractivity contribution in [2.45, 2.75) is 6.61 Å². The number of ether oxygens (including phenoxy) is 2. The summed E-state index contributed by atoms with van der Waals surface area (Å²) in [6.45, 7) is 0.174. The van der Waals surface area contributed by atoms with Crippen LogP contribution in [-0.4, -0.2) is 35.4 Å². The summed E-state index contributed by atoms with van der Waals surface area (Å²) in [7, 11) is 1.50. The Labute approximate surface area is 178 Å². The first-order valence-corrected chi connectivity index (χ1v) is 9.22. The summed E-state index contributed by atoms with van der Waals surface area (Å²) in [5.74, 6) is -0.395. The minimum absolute atomic E-state index is 0.0732. The predicted molar refractivity (Wildman–Crippen MR) is 114 cm³/mol. The first-order chi connectivity index (χ1) is 15.0. The molecule has 0 heterocycles. The third-order valence-corrected chi connectivity index (χ3v) is 4.27. The predicted octanol–water partition coefficient (Wildman–Crippen LogP) is 3.44. The number of methoxy groups -OCH3 is 1. The van der Waals surface area contributed by atoms with E-state index < -0.39 is 11.9 Å². The number of benzene rings is 3. The number of carbonyl (C=O) groups excluding carboxylic acids is 1. The molecular formula is C23H20N2O6. The summed E-state index contributed by atoms with van der Waals surface area (Å²) in [4.78, 5) is 23.1. The number of hydrogen-bond donors (Lipinski definition) is 3. The van der Waals surface area contributed by atoms with Crippen molar-refractivity contribution in [3.8, 4) is 17.2 Å². The van der Waals surface area contributed by atoms with Crippen molar-refractivity contribution in [2.24, 2.45) is 5.10 Å². The first kappa shape index (κ1) is 21.4. The molecule has 0 aliphatic rings. The fourth-order valence-corrected chi connectivity index (χ4v) is 2.68. The number of phenols is 1. The van der Waals surface area contributed by atoms with Crippen molar-refractivity contribution in [3.05, 3.63) is 89.0 Å². The van der Waals surface area contributed by atoms with Crippen LogP contribution in [-0.2, 0) is 6.61 Å². The van der Waals surface area contributed by atoms with Gasteiger partial charge in [0.15, 0.2) is 11.5 Å². The van der Waals surface area contributed by atoms with Crippen LogP contribution in [0.3, 0.4) is 0 Å². The number of phenolic OH excluding ortho intramolecular Hbond substituents is 1. The Bertz CT molecular complexity index is 1110. The summed E-state index contributed by atoms with van der Waals surface area (Å²) >= 11 is 0. The molecule has 8 nitrogen and oxygen atoms in total. The molecule has 0 aliphatic heterocycles. The lowest BCUT2D eigenvalue weighted by molar-refractivity contribution is 0.0696. The van der Waals surface area contributed by atoms with Crippen LogP contribution in [0, 0.1) is 0 Å². The van der Waals surface area contributed by atoms with Crippen LogP contribution in [0.4, 0.5) is 0 Å². The van der Waals surface area contributed by atoms with Crippen LogP contribution in [0.2, 0.25) is 0 Å². The first-order valence-electron chi connectivity index (χ1n) is 9.22. The minimum Gasteiger partial charge on any atom is -0.508 e. The van der Waals surface area contributed by atoms with E-state index in [1.807, 2.05) is 0 Å². The molecule has 0 radical (unpaired) electrons. The molecule has 3 rings (SSSR count). The SMILES string of the molecule is COc1cc(/C=N/NC(=O)c2ccc(O)cc2)ccc1OCc1cccc(C(=O)O)c1. The Morgan fingerprint density at radius 1 is 1.00 bits per heavy atom. The summed E-state index contributed by atoms with van der Waals surface area (Å²) in [6, 6.07) is 17.4. The maximum atomic E-state index is 12.0. The number of aromatic hydroxyl groups is 1. The molecule has 31 heavy (non-hydrogen) atoms. The quantitative estimate of drug-likeness (QED) is 0.380. The van der Waals surface area contributed by atoms with Crippen molar-refractivity contribution in [1.82, 2.24) is 5.43 Å². The van der Waals surface area contributed by atoms with Crippen LogP contribution >= 0.6 is 0 Å². The van der Waals surface area contributed by atoms with Crippen molar-refractivity contribution >= 4 is 18.1 Å². The van der Waals surface area contributed by atoms with E-state index in [9.17, 15) is 14.7 Å². The number of carboxylic acids is 1. The fourth-order valence-electron chi connectivity index (χ4n) is 2.68. The highest BCUT2D eigenvalue weighted by Crippen LogP contribution is 2.28. The van der Waals surface area contributed by atoms with Gasteiger partial charge in [-0.2, -0.15) is 5.10 Å². The molecular weight excluding hydrogens is 400 g/mol. The van der Waals surface area contributed by atoms with Crippen LogP contribution in [0.15, 0.2) is 71.8 Å². The second kappa shape index (κ2) is 9.93. The van der Waals surface area contributed by atoms with Gasteiger partial charge in [0.1, 0.15) is 12.4 Å². The Morgan fingerprint density at radius 2 is 1.77 bits per heavy atom. The van der Waals surface area contributed by atoms with E-state index in [0.717, 1.165) is 0 Å². The molecule has 3 aromatic rings. The number of carboxylic acid groups (broad SMARTS) is 1. The monoisotopic (exact) mass is 420 g/mol. The van der Waals surface area contributed by atoms with Crippen LogP contribution in [0.5, 0.6) is 17.2 Å². The molecule has 158 valence electrons. The third kappa shape index (κ3) is 5.83. The number of hydrogen-bond acceptors (Lipinski definition) is 6. The van der Waals surface area contributed by atoms with Gasteiger partial charge in [-0.25, -0.2) is 10.2 Å². The van der Waals surface area contributed by atoms with E-state index in [4.69, 9.17) is 14.6 Å². The van der Waals surface area contributed by atoms with Gasteiger partial charge < -0.3 is 19.7 Å². The summed E-state index contributed by atoms with van der Waals surface area (Å²) in [6.07, 6.45) is 1.46. The van der Waals surface area contributed by atoms with Gasteiger partial charge in [-0.15, -0.1) is 0 Å². The molecule has 0 saturated carbocycles. The summed E-state index contributed by atoms with van der Waals surface area (Å²) in [5.41, 5.74) is 4.34. The van der Waals surface area contributed by atoms with Gasteiger partial charge in [0, 0.05) is 5.56 Å². The zero-order valence-corrected chi connectivity index (χ0v) is 16.6. The normalized spacial score (nSPS) is 10.6. The van der Waals surface area contributed by atoms with Gasteiger partial charge in [-0.1, -0.05) is 12.1 Å².